The number of rotatable bonds is 6. The van der Waals surface area contributed by atoms with Crippen molar-refractivity contribution in [1.82, 2.24) is 0 Å². The highest BCUT2D eigenvalue weighted by Crippen LogP contribution is 2.32. The molecule has 0 aliphatic heterocycles. The molecule has 0 spiro atoms. The standard InChI is InChI=1S/C14H20F2O2/c1-4-9(5-2)14(17)10-7-8-11(18-6-3)13(16)12(10)15/h7-9,14,17H,4-6H2,1-3H3. The highest BCUT2D eigenvalue weighted by molar-refractivity contribution is 5.32. The van der Waals surface area contributed by atoms with E-state index in [1.165, 1.54) is 12.1 Å². The van der Waals surface area contributed by atoms with E-state index >= 15 is 0 Å². The molecule has 2 nitrogen and oxygen atoms in total. The van der Waals surface area contributed by atoms with Gasteiger partial charge in [-0.2, -0.15) is 4.39 Å². The summed E-state index contributed by atoms with van der Waals surface area (Å²) in [6.07, 6.45) is 0.447. The van der Waals surface area contributed by atoms with Crippen molar-refractivity contribution < 1.29 is 18.6 Å². The lowest BCUT2D eigenvalue weighted by Crippen LogP contribution is -2.13. The zero-order valence-electron chi connectivity index (χ0n) is 11.0. The van der Waals surface area contributed by atoms with Crippen LogP contribution < -0.4 is 4.74 Å². The average molecular weight is 258 g/mol. The van der Waals surface area contributed by atoms with Gasteiger partial charge in [-0.15, -0.1) is 0 Å². The van der Waals surface area contributed by atoms with Crippen LogP contribution in [0.2, 0.25) is 0 Å². The Balaban J connectivity index is 3.07. The molecule has 0 aliphatic rings. The monoisotopic (exact) mass is 258 g/mol. The zero-order chi connectivity index (χ0) is 13.7. The van der Waals surface area contributed by atoms with Gasteiger partial charge < -0.3 is 9.84 Å². The molecule has 0 amide bonds. The molecular formula is C14H20F2O2. The van der Waals surface area contributed by atoms with E-state index in [4.69, 9.17) is 4.74 Å². The minimum Gasteiger partial charge on any atom is -0.491 e. The van der Waals surface area contributed by atoms with Gasteiger partial charge in [0.15, 0.2) is 11.6 Å². The first-order chi connectivity index (χ1) is 8.56. The van der Waals surface area contributed by atoms with Crippen LogP contribution in [0.5, 0.6) is 5.75 Å². The fraction of sp³-hybridized carbons (Fsp3) is 0.571. The molecule has 0 saturated heterocycles. The van der Waals surface area contributed by atoms with Crippen LogP contribution in [0.3, 0.4) is 0 Å². The molecule has 0 radical (unpaired) electrons. The van der Waals surface area contributed by atoms with Crippen molar-refractivity contribution >= 4 is 0 Å². The highest BCUT2D eigenvalue weighted by Gasteiger charge is 2.24. The van der Waals surface area contributed by atoms with E-state index in [0.717, 1.165) is 0 Å². The Morgan fingerprint density at radius 2 is 1.72 bits per heavy atom. The van der Waals surface area contributed by atoms with E-state index in [9.17, 15) is 13.9 Å². The SMILES string of the molecule is CCOc1ccc(C(O)C(CC)CC)c(F)c1F. The highest BCUT2D eigenvalue weighted by atomic mass is 19.2. The van der Waals surface area contributed by atoms with E-state index < -0.39 is 17.7 Å². The summed E-state index contributed by atoms with van der Waals surface area (Å²) in [7, 11) is 0. The molecule has 0 aliphatic carbocycles. The fourth-order valence-corrected chi connectivity index (χ4v) is 2.03. The zero-order valence-corrected chi connectivity index (χ0v) is 11.0. The minimum absolute atomic E-state index is 0.00431. The Labute approximate surface area is 107 Å². The number of halogens is 2. The van der Waals surface area contributed by atoms with Gasteiger partial charge >= 0.3 is 0 Å². The summed E-state index contributed by atoms with van der Waals surface area (Å²) in [4.78, 5) is 0. The summed E-state index contributed by atoms with van der Waals surface area (Å²) in [5, 5.41) is 10.1. The van der Waals surface area contributed by atoms with Crippen LogP contribution in [0.1, 0.15) is 45.3 Å². The molecule has 0 bridgehead atoms. The predicted octanol–water partition coefficient (Wildman–Crippen LogP) is 3.83. The van der Waals surface area contributed by atoms with Crippen molar-refractivity contribution in [3.63, 3.8) is 0 Å². The van der Waals surface area contributed by atoms with Crippen molar-refractivity contribution in [2.24, 2.45) is 5.92 Å². The van der Waals surface area contributed by atoms with Crippen molar-refractivity contribution in [3.05, 3.63) is 29.3 Å². The molecule has 1 unspecified atom stereocenters. The van der Waals surface area contributed by atoms with E-state index in [1.54, 1.807) is 6.92 Å². The Bertz CT molecular complexity index is 390. The average Bonchev–Trinajstić information content (AvgIpc) is 2.36. The Kier molecular flexibility index (Phi) is 5.54. The maximum atomic E-state index is 13.9. The smallest absolute Gasteiger partial charge is 0.200 e. The maximum Gasteiger partial charge on any atom is 0.200 e. The molecule has 1 aromatic rings. The molecule has 1 aromatic carbocycles. The molecule has 0 heterocycles. The number of ether oxygens (including phenoxy) is 1. The summed E-state index contributed by atoms with van der Waals surface area (Å²) in [6, 6.07) is 2.76. The van der Waals surface area contributed by atoms with E-state index in [1.807, 2.05) is 13.8 Å². The van der Waals surface area contributed by atoms with Crippen LogP contribution in [0.25, 0.3) is 0 Å². The van der Waals surface area contributed by atoms with Crippen LogP contribution in [0, 0.1) is 17.6 Å². The summed E-state index contributed by atoms with van der Waals surface area (Å²) >= 11 is 0. The third kappa shape index (κ3) is 2.99. The quantitative estimate of drug-likeness (QED) is 0.840. The lowest BCUT2D eigenvalue weighted by atomic mass is 9.91. The van der Waals surface area contributed by atoms with Crippen LogP contribution >= 0.6 is 0 Å². The van der Waals surface area contributed by atoms with Crippen molar-refractivity contribution in [2.75, 3.05) is 6.61 Å². The van der Waals surface area contributed by atoms with Crippen LogP contribution in [-0.4, -0.2) is 11.7 Å². The van der Waals surface area contributed by atoms with Crippen LogP contribution in [0.15, 0.2) is 12.1 Å². The molecule has 0 saturated carbocycles. The van der Waals surface area contributed by atoms with E-state index in [2.05, 4.69) is 0 Å². The molecule has 1 rings (SSSR count). The summed E-state index contributed by atoms with van der Waals surface area (Å²) < 4.78 is 32.5. The largest absolute Gasteiger partial charge is 0.491 e. The Morgan fingerprint density at radius 1 is 1.11 bits per heavy atom. The molecule has 1 N–H and O–H groups in total. The first-order valence-corrected chi connectivity index (χ1v) is 6.35. The van der Waals surface area contributed by atoms with Gasteiger partial charge in [0.1, 0.15) is 0 Å². The number of aliphatic hydroxyl groups excluding tert-OH is 1. The molecule has 102 valence electrons. The second-order valence-electron chi connectivity index (χ2n) is 4.24. The molecule has 0 aromatic heterocycles. The van der Waals surface area contributed by atoms with Crippen LogP contribution in [-0.2, 0) is 0 Å². The van der Waals surface area contributed by atoms with Gasteiger partial charge in [-0.1, -0.05) is 26.7 Å². The Hall–Kier alpha value is -1.16. The second kappa shape index (κ2) is 6.69. The maximum absolute atomic E-state index is 13.9. The van der Waals surface area contributed by atoms with Gasteiger partial charge in [0.05, 0.1) is 12.7 Å². The third-order valence-electron chi connectivity index (χ3n) is 3.19. The fourth-order valence-electron chi connectivity index (χ4n) is 2.03. The lowest BCUT2D eigenvalue weighted by Gasteiger charge is -2.21. The van der Waals surface area contributed by atoms with Crippen molar-refractivity contribution in [1.29, 1.82) is 0 Å². The van der Waals surface area contributed by atoms with Gasteiger partial charge in [0, 0.05) is 5.56 Å². The van der Waals surface area contributed by atoms with Gasteiger partial charge in [-0.05, 0) is 25.0 Å². The van der Waals surface area contributed by atoms with Gasteiger partial charge in [0.25, 0.3) is 0 Å². The van der Waals surface area contributed by atoms with Gasteiger partial charge in [-0.3, -0.25) is 0 Å². The number of aliphatic hydroxyl groups is 1. The minimum atomic E-state index is -1.03. The normalized spacial score (nSPS) is 12.8. The van der Waals surface area contributed by atoms with Crippen molar-refractivity contribution in [2.45, 2.75) is 39.7 Å². The second-order valence-corrected chi connectivity index (χ2v) is 4.24. The van der Waals surface area contributed by atoms with Crippen LogP contribution in [0.4, 0.5) is 8.78 Å². The topological polar surface area (TPSA) is 29.5 Å². The molecule has 0 fully saturated rings. The van der Waals surface area contributed by atoms with E-state index in [0.29, 0.717) is 12.8 Å². The summed E-state index contributed by atoms with van der Waals surface area (Å²) in [5.41, 5.74) is 0.00431. The van der Waals surface area contributed by atoms with Gasteiger partial charge in [0.2, 0.25) is 5.82 Å². The summed E-state index contributed by atoms with van der Waals surface area (Å²) in [6.45, 7) is 5.80. The molecular weight excluding hydrogens is 238 g/mol. The number of hydrogen-bond acceptors (Lipinski definition) is 2. The van der Waals surface area contributed by atoms with E-state index in [-0.39, 0.29) is 23.8 Å². The summed E-state index contributed by atoms with van der Waals surface area (Å²) in [5.74, 6) is -2.23. The van der Waals surface area contributed by atoms with Gasteiger partial charge in [-0.25, -0.2) is 4.39 Å². The number of benzene rings is 1. The molecule has 18 heavy (non-hydrogen) atoms. The Morgan fingerprint density at radius 3 is 2.22 bits per heavy atom. The lowest BCUT2D eigenvalue weighted by molar-refractivity contribution is 0.0985. The van der Waals surface area contributed by atoms with Crippen molar-refractivity contribution in [3.8, 4) is 5.75 Å². The predicted molar refractivity (Wildman–Crippen MR) is 66.6 cm³/mol. The third-order valence-corrected chi connectivity index (χ3v) is 3.19. The molecule has 1 atom stereocenters. The first-order valence-electron chi connectivity index (χ1n) is 6.35. The number of hydrogen-bond donors (Lipinski definition) is 1. The first kappa shape index (κ1) is 14.9. The molecule has 4 heteroatoms.